The molecule has 6 nitrogen and oxygen atoms in total. The Labute approximate surface area is 143 Å². The van der Waals surface area contributed by atoms with Crippen molar-refractivity contribution in [3.8, 4) is 0 Å². The number of hydrogen-bond donors (Lipinski definition) is 3. The molecule has 0 spiro atoms. The Bertz CT molecular complexity index is 834. The van der Waals surface area contributed by atoms with E-state index in [4.69, 9.17) is 0 Å². The third-order valence-electron chi connectivity index (χ3n) is 4.39. The minimum Gasteiger partial charge on any atom is -0.393 e. The predicted octanol–water partition coefficient (Wildman–Crippen LogP) is 2.02. The summed E-state index contributed by atoms with van der Waals surface area (Å²) in [5.41, 5.74) is 4.11. The second kappa shape index (κ2) is 6.33. The summed E-state index contributed by atoms with van der Waals surface area (Å²) in [7, 11) is 0. The summed E-state index contributed by atoms with van der Waals surface area (Å²) >= 11 is 1.57. The monoisotopic (exact) mass is 342 g/mol. The van der Waals surface area contributed by atoms with Gasteiger partial charge in [0, 0.05) is 6.04 Å². The quantitative estimate of drug-likeness (QED) is 0.729. The number of carbonyl (C=O) groups is 1. The van der Waals surface area contributed by atoms with Crippen molar-refractivity contribution in [2.24, 2.45) is 4.99 Å². The highest BCUT2D eigenvalue weighted by Gasteiger charge is 2.25. The number of hydrogen-bond acceptors (Lipinski definition) is 6. The molecule has 0 unspecified atom stereocenters. The summed E-state index contributed by atoms with van der Waals surface area (Å²) in [6.07, 6.45) is 4.94. The van der Waals surface area contributed by atoms with E-state index in [1.165, 1.54) is 0 Å². The van der Waals surface area contributed by atoms with Gasteiger partial charge in [0.25, 0.3) is 5.91 Å². The maximum Gasteiger partial charge on any atom is 0.276 e. The first-order valence-electron chi connectivity index (χ1n) is 8.07. The highest BCUT2D eigenvalue weighted by Crippen LogP contribution is 2.22. The maximum atomic E-state index is 12.1. The summed E-state index contributed by atoms with van der Waals surface area (Å²) in [6, 6.07) is 6.14. The summed E-state index contributed by atoms with van der Waals surface area (Å²) in [5.74, 6) is 0.309. The molecule has 7 heteroatoms. The van der Waals surface area contributed by atoms with Gasteiger partial charge in [0.15, 0.2) is 0 Å². The SMILES string of the molecule is O=C1NC(N[C@H]2CC[C@H](O)CC2)=N/C1=C\c1ccc2ncsc2c1. The second-order valence-corrected chi connectivity index (χ2v) is 7.06. The van der Waals surface area contributed by atoms with E-state index in [1.807, 2.05) is 23.7 Å². The Morgan fingerprint density at radius 3 is 2.96 bits per heavy atom. The molecule has 124 valence electrons. The lowest BCUT2D eigenvalue weighted by Crippen LogP contribution is -2.44. The van der Waals surface area contributed by atoms with Crippen molar-refractivity contribution in [1.29, 1.82) is 0 Å². The number of carbonyl (C=O) groups excluding carboxylic acids is 1. The highest BCUT2D eigenvalue weighted by atomic mass is 32.1. The number of thiazole rings is 1. The van der Waals surface area contributed by atoms with Gasteiger partial charge in [-0.25, -0.2) is 9.98 Å². The van der Waals surface area contributed by atoms with E-state index in [0.717, 1.165) is 41.5 Å². The van der Waals surface area contributed by atoms with Crippen molar-refractivity contribution in [3.63, 3.8) is 0 Å². The van der Waals surface area contributed by atoms with Crippen molar-refractivity contribution in [1.82, 2.24) is 15.6 Å². The third kappa shape index (κ3) is 3.18. The Kier molecular flexibility index (Phi) is 4.03. The van der Waals surface area contributed by atoms with Gasteiger partial charge in [0.2, 0.25) is 5.96 Å². The van der Waals surface area contributed by atoms with Crippen molar-refractivity contribution in [3.05, 3.63) is 35.0 Å². The van der Waals surface area contributed by atoms with Gasteiger partial charge in [-0.15, -0.1) is 11.3 Å². The minimum absolute atomic E-state index is 0.194. The smallest absolute Gasteiger partial charge is 0.276 e. The van der Waals surface area contributed by atoms with E-state index in [0.29, 0.717) is 11.7 Å². The van der Waals surface area contributed by atoms with E-state index in [9.17, 15) is 9.90 Å². The molecule has 0 bridgehead atoms. The van der Waals surface area contributed by atoms with E-state index >= 15 is 0 Å². The lowest BCUT2D eigenvalue weighted by Gasteiger charge is -2.26. The number of aliphatic hydroxyl groups is 1. The third-order valence-corrected chi connectivity index (χ3v) is 5.18. The van der Waals surface area contributed by atoms with Gasteiger partial charge >= 0.3 is 0 Å². The van der Waals surface area contributed by atoms with Crippen LogP contribution in [0.5, 0.6) is 0 Å². The number of benzene rings is 1. The van der Waals surface area contributed by atoms with Gasteiger partial charge in [0.1, 0.15) is 5.70 Å². The number of nitrogens with zero attached hydrogens (tertiary/aromatic N) is 2. The standard InChI is InChI=1S/C17H18N4O2S/c22-12-4-2-11(3-5-12)19-17-20-14(16(23)21-17)7-10-1-6-13-15(8-10)24-9-18-13/h1,6-9,11-12,22H,2-5H2,(H2,19,20,21,23)/b14-7-/t11-,12-. The number of guanidine groups is 1. The molecule has 1 aromatic carbocycles. The molecule has 1 fully saturated rings. The van der Waals surface area contributed by atoms with Crippen molar-refractivity contribution in [2.75, 3.05) is 0 Å². The van der Waals surface area contributed by atoms with Crippen LogP contribution in [0.1, 0.15) is 31.2 Å². The maximum absolute atomic E-state index is 12.1. The first-order valence-corrected chi connectivity index (χ1v) is 8.95. The van der Waals surface area contributed by atoms with Gasteiger partial charge in [-0.05, 0) is 49.5 Å². The van der Waals surface area contributed by atoms with Crippen LogP contribution in [0.4, 0.5) is 0 Å². The van der Waals surface area contributed by atoms with Crippen LogP contribution in [0.3, 0.4) is 0 Å². The van der Waals surface area contributed by atoms with E-state index in [2.05, 4.69) is 20.6 Å². The molecule has 2 aromatic rings. The Morgan fingerprint density at radius 2 is 2.12 bits per heavy atom. The number of nitrogens with one attached hydrogen (secondary N) is 2. The van der Waals surface area contributed by atoms with E-state index < -0.39 is 0 Å². The van der Waals surface area contributed by atoms with Crippen LogP contribution in [0, 0.1) is 0 Å². The molecule has 2 aliphatic rings. The topological polar surface area (TPSA) is 86.6 Å². The molecular formula is C17H18N4O2S. The molecule has 0 saturated heterocycles. The first-order chi connectivity index (χ1) is 11.7. The summed E-state index contributed by atoms with van der Waals surface area (Å²) in [6.45, 7) is 0. The van der Waals surface area contributed by atoms with Gasteiger partial charge in [-0.2, -0.15) is 0 Å². The van der Waals surface area contributed by atoms with Crippen LogP contribution in [0.25, 0.3) is 16.3 Å². The number of aliphatic imine (C=N–C) groups is 1. The van der Waals surface area contributed by atoms with E-state index in [1.54, 1.807) is 17.4 Å². The zero-order valence-electron chi connectivity index (χ0n) is 13.0. The average molecular weight is 342 g/mol. The molecule has 1 aliphatic heterocycles. The first kappa shape index (κ1) is 15.3. The van der Waals surface area contributed by atoms with Crippen LogP contribution in [0.2, 0.25) is 0 Å². The molecular weight excluding hydrogens is 324 g/mol. The Hall–Kier alpha value is -2.25. The Balaban J connectivity index is 1.50. The fourth-order valence-corrected chi connectivity index (χ4v) is 3.80. The van der Waals surface area contributed by atoms with Crippen LogP contribution >= 0.6 is 11.3 Å². The number of fused-ring (bicyclic) bond motifs is 1. The lowest BCUT2D eigenvalue weighted by atomic mass is 9.93. The molecule has 3 N–H and O–H groups in total. The lowest BCUT2D eigenvalue weighted by molar-refractivity contribution is -0.115. The van der Waals surface area contributed by atoms with Crippen LogP contribution in [0.15, 0.2) is 34.4 Å². The molecule has 1 amide bonds. The fourth-order valence-electron chi connectivity index (χ4n) is 3.07. The zero-order valence-corrected chi connectivity index (χ0v) is 13.8. The largest absolute Gasteiger partial charge is 0.393 e. The molecule has 1 aromatic heterocycles. The molecule has 2 heterocycles. The van der Waals surface area contributed by atoms with Gasteiger partial charge in [-0.1, -0.05) is 6.07 Å². The number of aliphatic hydroxyl groups excluding tert-OH is 1. The normalized spacial score (nSPS) is 25.8. The second-order valence-electron chi connectivity index (χ2n) is 6.17. The Morgan fingerprint density at radius 1 is 1.29 bits per heavy atom. The number of aromatic nitrogens is 1. The molecule has 1 saturated carbocycles. The number of rotatable bonds is 2. The molecule has 24 heavy (non-hydrogen) atoms. The van der Waals surface area contributed by atoms with Gasteiger partial charge in [-0.3, -0.25) is 10.1 Å². The van der Waals surface area contributed by atoms with Crippen molar-refractivity contribution in [2.45, 2.75) is 37.8 Å². The summed E-state index contributed by atoms with van der Waals surface area (Å²) in [4.78, 5) is 20.7. The molecule has 0 radical (unpaired) electrons. The van der Waals surface area contributed by atoms with Crippen LogP contribution < -0.4 is 10.6 Å². The van der Waals surface area contributed by atoms with E-state index in [-0.39, 0.29) is 18.1 Å². The number of amides is 1. The van der Waals surface area contributed by atoms with Gasteiger partial charge in [0.05, 0.1) is 21.8 Å². The predicted molar refractivity (Wildman–Crippen MR) is 94.6 cm³/mol. The summed E-state index contributed by atoms with van der Waals surface area (Å²) in [5, 5.41) is 15.6. The molecule has 0 atom stereocenters. The summed E-state index contributed by atoms with van der Waals surface area (Å²) < 4.78 is 1.09. The van der Waals surface area contributed by atoms with Gasteiger partial charge < -0.3 is 10.4 Å². The molecule has 4 rings (SSSR count). The van der Waals surface area contributed by atoms with Crippen LogP contribution in [-0.4, -0.2) is 34.1 Å². The van der Waals surface area contributed by atoms with Crippen molar-refractivity contribution < 1.29 is 9.90 Å². The average Bonchev–Trinajstić information content (AvgIpc) is 3.16. The zero-order chi connectivity index (χ0) is 16.5. The highest BCUT2D eigenvalue weighted by molar-refractivity contribution is 7.16. The minimum atomic E-state index is -0.197. The fraction of sp³-hybridized carbons (Fsp3) is 0.353. The molecule has 1 aliphatic carbocycles. The van der Waals surface area contributed by atoms with Crippen LogP contribution in [-0.2, 0) is 4.79 Å². The van der Waals surface area contributed by atoms with Crippen molar-refractivity contribution >= 4 is 39.5 Å².